The summed E-state index contributed by atoms with van der Waals surface area (Å²) >= 11 is 7.38. The number of halogens is 2. The maximum absolute atomic E-state index is 14.6. The minimum Gasteiger partial charge on any atom is -0.398 e. The van der Waals surface area contributed by atoms with E-state index in [1.165, 1.54) is 30.0 Å². The van der Waals surface area contributed by atoms with Crippen LogP contribution in [0.15, 0.2) is 69.4 Å². The van der Waals surface area contributed by atoms with Crippen molar-refractivity contribution in [2.24, 2.45) is 5.73 Å². The van der Waals surface area contributed by atoms with E-state index in [9.17, 15) is 14.9 Å². The summed E-state index contributed by atoms with van der Waals surface area (Å²) in [5.41, 5.74) is 12.7. The Morgan fingerprint density at radius 2 is 1.74 bits per heavy atom. The first-order chi connectivity index (χ1) is 13.0. The molecular weight excluding hydrogens is 385 g/mol. The fourth-order valence-corrected chi connectivity index (χ4v) is 4.03. The van der Waals surface area contributed by atoms with Crippen molar-refractivity contribution in [1.82, 2.24) is 5.32 Å². The van der Waals surface area contributed by atoms with Gasteiger partial charge in [-0.3, -0.25) is 0 Å². The number of dihydropyridines is 1. The lowest BCUT2D eigenvalue weighted by atomic mass is 9.84. The second-order valence-corrected chi connectivity index (χ2v) is 7.09. The average Bonchev–Trinajstić information content (AvgIpc) is 2.63. The molecule has 1 atom stereocenters. The van der Waals surface area contributed by atoms with E-state index in [0.29, 0.717) is 15.6 Å². The van der Waals surface area contributed by atoms with Gasteiger partial charge >= 0.3 is 0 Å². The van der Waals surface area contributed by atoms with Crippen LogP contribution in [-0.2, 0) is 0 Å². The van der Waals surface area contributed by atoms with E-state index < -0.39 is 11.7 Å². The summed E-state index contributed by atoms with van der Waals surface area (Å²) in [6.07, 6.45) is 0. The van der Waals surface area contributed by atoms with Crippen LogP contribution in [0.2, 0.25) is 5.02 Å². The number of allylic oxidation sites excluding steroid dienone is 2. The lowest BCUT2D eigenvalue weighted by Crippen LogP contribution is -2.29. The molecule has 0 spiro atoms. The van der Waals surface area contributed by atoms with Crippen molar-refractivity contribution in [2.45, 2.75) is 10.8 Å². The summed E-state index contributed by atoms with van der Waals surface area (Å²) < 4.78 is 14.6. The van der Waals surface area contributed by atoms with Crippen LogP contribution < -0.4 is 16.8 Å². The van der Waals surface area contributed by atoms with Crippen molar-refractivity contribution in [1.29, 1.82) is 10.5 Å². The number of hydrogen-bond donors (Lipinski definition) is 3. The van der Waals surface area contributed by atoms with Crippen LogP contribution in [0.4, 0.5) is 10.1 Å². The van der Waals surface area contributed by atoms with Gasteiger partial charge in [-0.2, -0.15) is 10.5 Å². The number of nitrogens with zero attached hydrogens (tertiary/aromatic N) is 2. The van der Waals surface area contributed by atoms with Crippen LogP contribution in [0, 0.1) is 28.5 Å². The summed E-state index contributed by atoms with van der Waals surface area (Å²) in [6.45, 7) is 0. The molecule has 134 valence electrons. The zero-order valence-electron chi connectivity index (χ0n) is 13.8. The van der Waals surface area contributed by atoms with Crippen LogP contribution in [0.1, 0.15) is 11.5 Å². The fraction of sp³-hybridized carbons (Fsp3) is 0.0526. The SMILES string of the molecule is N#CC1=C(N)NC(Sc2ccccc2N)=C(C#N)C1c1c(F)cccc1Cl. The van der Waals surface area contributed by atoms with Crippen molar-refractivity contribution in [3.05, 3.63) is 80.9 Å². The molecule has 0 saturated carbocycles. The van der Waals surface area contributed by atoms with Gasteiger partial charge in [0.1, 0.15) is 11.6 Å². The van der Waals surface area contributed by atoms with Crippen LogP contribution in [0.5, 0.6) is 0 Å². The Bertz CT molecular complexity index is 1040. The molecule has 0 saturated heterocycles. The Morgan fingerprint density at radius 1 is 1.04 bits per heavy atom. The third-order valence-corrected chi connectivity index (χ3v) is 5.47. The summed E-state index contributed by atoms with van der Waals surface area (Å²) in [5, 5.41) is 22.7. The number of nitrogens with two attached hydrogens (primary N) is 2. The fourth-order valence-electron chi connectivity index (χ4n) is 2.77. The van der Waals surface area contributed by atoms with Gasteiger partial charge in [0.25, 0.3) is 0 Å². The predicted octanol–water partition coefficient (Wildman–Crippen LogP) is 3.97. The molecule has 2 aromatic rings. The van der Waals surface area contributed by atoms with Crippen molar-refractivity contribution in [2.75, 3.05) is 5.73 Å². The summed E-state index contributed by atoms with van der Waals surface area (Å²) in [5.74, 6) is -1.59. The summed E-state index contributed by atoms with van der Waals surface area (Å²) in [4.78, 5) is 0.694. The van der Waals surface area contributed by atoms with Gasteiger partial charge in [-0.25, -0.2) is 4.39 Å². The first-order valence-corrected chi connectivity index (χ1v) is 8.94. The van der Waals surface area contributed by atoms with Crippen LogP contribution >= 0.6 is 23.4 Å². The normalized spacial score (nSPS) is 16.5. The lowest BCUT2D eigenvalue weighted by Gasteiger charge is -2.27. The highest BCUT2D eigenvalue weighted by atomic mass is 35.5. The molecular formula is C19H13ClFN5S. The zero-order valence-corrected chi connectivity index (χ0v) is 15.4. The van der Waals surface area contributed by atoms with Crippen LogP contribution in [0.25, 0.3) is 0 Å². The van der Waals surface area contributed by atoms with Gasteiger partial charge < -0.3 is 16.8 Å². The lowest BCUT2D eigenvalue weighted by molar-refractivity contribution is 0.604. The topological polar surface area (TPSA) is 112 Å². The van der Waals surface area contributed by atoms with Gasteiger partial charge in [-0.1, -0.05) is 41.6 Å². The van der Waals surface area contributed by atoms with Crippen LogP contribution in [-0.4, -0.2) is 0 Å². The number of nitrogens with one attached hydrogen (secondary N) is 1. The standard InChI is InChI=1S/C19H13ClFN5S/c20-12-4-3-5-13(21)17(12)16-10(8-22)18(25)26-19(11(16)9-23)27-15-7-2-1-6-14(15)24/h1-7,16,26H,24-25H2. The Hall–Kier alpha value is -3.13. The van der Waals surface area contributed by atoms with E-state index in [-0.39, 0.29) is 27.6 Å². The molecule has 5 N–H and O–H groups in total. The molecule has 1 aliphatic rings. The summed E-state index contributed by atoms with van der Waals surface area (Å²) in [6, 6.07) is 15.3. The third-order valence-electron chi connectivity index (χ3n) is 4.02. The first-order valence-electron chi connectivity index (χ1n) is 7.75. The Labute approximate surface area is 164 Å². The highest BCUT2D eigenvalue weighted by Gasteiger charge is 2.35. The predicted molar refractivity (Wildman–Crippen MR) is 103 cm³/mol. The molecule has 1 aliphatic heterocycles. The smallest absolute Gasteiger partial charge is 0.128 e. The van der Waals surface area contributed by atoms with Crippen LogP contribution in [0.3, 0.4) is 0 Å². The number of hydrogen-bond acceptors (Lipinski definition) is 6. The quantitative estimate of drug-likeness (QED) is 0.675. The Morgan fingerprint density at radius 3 is 2.37 bits per heavy atom. The van der Waals surface area contributed by atoms with Crippen molar-refractivity contribution >= 4 is 29.1 Å². The van der Waals surface area contributed by atoms with Gasteiger partial charge in [-0.15, -0.1) is 0 Å². The number of nitriles is 2. The average molecular weight is 398 g/mol. The monoisotopic (exact) mass is 397 g/mol. The molecule has 2 aromatic carbocycles. The molecule has 0 amide bonds. The number of nitrogen functional groups attached to an aromatic ring is 1. The largest absolute Gasteiger partial charge is 0.398 e. The second-order valence-electron chi connectivity index (χ2n) is 5.63. The molecule has 1 heterocycles. The maximum atomic E-state index is 14.6. The van der Waals surface area contributed by atoms with E-state index in [2.05, 4.69) is 11.4 Å². The van der Waals surface area contributed by atoms with Gasteiger partial charge in [-0.05, 0) is 24.3 Å². The van der Waals surface area contributed by atoms with E-state index in [4.69, 9.17) is 23.1 Å². The molecule has 0 aromatic heterocycles. The minimum absolute atomic E-state index is 0.0314. The first kappa shape index (κ1) is 18.7. The number of para-hydroxylation sites is 1. The molecule has 0 radical (unpaired) electrons. The third kappa shape index (κ3) is 3.43. The molecule has 1 unspecified atom stereocenters. The van der Waals surface area contributed by atoms with Crippen molar-refractivity contribution < 1.29 is 4.39 Å². The maximum Gasteiger partial charge on any atom is 0.128 e. The highest BCUT2D eigenvalue weighted by molar-refractivity contribution is 8.03. The molecule has 0 bridgehead atoms. The van der Waals surface area contributed by atoms with E-state index in [1.54, 1.807) is 24.3 Å². The van der Waals surface area contributed by atoms with Gasteiger partial charge in [0, 0.05) is 21.2 Å². The van der Waals surface area contributed by atoms with Gasteiger partial charge in [0.05, 0.1) is 34.2 Å². The Balaban J connectivity index is 2.20. The highest BCUT2D eigenvalue weighted by Crippen LogP contribution is 2.44. The molecule has 8 heteroatoms. The van der Waals surface area contributed by atoms with E-state index >= 15 is 0 Å². The second kappa shape index (κ2) is 7.63. The Kier molecular flexibility index (Phi) is 5.27. The van der Waals surface area contributed by atoms with Gasteiger partial charge in [0.2, 0.25) is 0 Å². The van der Waals surface area contributed by atoms with Crippen molar-refractivity contribution in [3.63, 3.8) is 0 Å². The molecule has 27 heavy (non-hydrogen) atoms. The number of thioether (sulfide) groups is 1. The molecule has 0 aliphatic carbocycles. The summed E-state index contributed by atoms with van der Waals surface area (Å²) in [7, 11) is 0. The molecule has 3 rings (SSSR count). The zero-order chi connectivity index (χ0) is 19.6. The van der Waals surface area contributed by atoms with E-state index in [1.807, 2.05) is 6.07 Å². The minimum atomic E-state index is -1.01. The molecule has 0 fully saturated rings. The number of rotatable bonds is 3. The van der Waals surface area contributed by atoms with Gasteiger partial charge in [0.15, 0.2) is 0 Å². The van der Waals surface area contributed by atoms with E-state index in [0.717, 1.165) is 0 Å². The number of benzene rings is 2. The molecule has 5 nitrogen and oxygen atoms in total. The van der Waals surface area contributed by atoms with Crippen molar-refractivity contribution in [3.8, 4) is 12.1 Å². The number of anilines is 1.